The van der Waals surface area contributed by atoms with Gasteiger partial charge in [0.05, 0.1) is 6.10 Å². The molecule has 0 spiro atoms. The minimum Gasteiger partial charge on any atom is -0.550 e. The van der Waals surface area contributed by atoms with Crippen LogP contribution in [0.5, 0.6) is 0 Å². The van der Waals surface area contributed by atoms with Crippen LogP contribution in [-0.4, -0.2) is 30.8 Å². The maximum atomic E-state index is 10.8. The molecule has 0 aliphatic heterocycles. The van der Waals surface area contributed by atoms with E-state index in [-0.39, 0.29) is 32.3 Å². The summed E-state index contributed by atoms with van der Waals surface area (Å²) in [6.07, 6.45) is 3.06. The summed E-state index contributed by atoms with van der Waals surface area (Å²) in [4.78, 5) is 19.7. The second kappa shape index (κ2) is 10.6. The average Bonchev–Trinajstić information content (AvgIpc) is 2.50. The van der Waals surface area contributed by atoms with Gasteiger partial charge in [0.2, 0.25) is 0 Å². The van der Waals surface area contributed by atoms with E-state index in [9.17, 15) is 4.79 Å². The smallest absolute Gasteiger partial charge is 0.158 e. The van der Waals surface area contributed by atoms with E-state index in [4.69, 9.17) is 19.4 Å². The van der Waals surface area contributed by atoms with Crippen LogP contribution in [0.4, 0.5) is 0 Å². The fourth-order valence-corrected chi connectivity index (χ4v) is 1.06. The van der Waals surface area contributed by atoms with Gasteiger partial charge in [-0.3, -0.25) is 4.79 Å². The molecule has 0 N–H and O–H groups in total. The SMILES string of the molecule is CC(=O)[O-].[CH2]C(OCC)OC1C=CC(=O)C1.[Pd]. The Bertz CT molecular complexity index is 261. The summed E-state index contributed by atoms with van der Waals surface area (Å²) < 4.78 is 10.3. The van der Waals surface area contributed by atoms with Gasteiger partial charge >= 0.3 is 0 Å². The first-order valence-electron chi connectivity index (χ1n) is 4.94. The van der Waals surface area contributed by atoms with E-state index in [0.717, 1.165) is 6.92 Å². The average molecular weight is 335 g/mol. The van der Waals surface area contributed by atoms with E-state index < -0.39 is 12.3 Å². The van der Waals surface area contributed by atoms with E-state index in [1.807, 2.05) is 6.92 Å². The molecule has 0 fully saturated rings. The zero-order chi connectivity index (χ0) is 12.6. The van der Waals surface area contributed by atoms with Crippen LogP contribution in [-0.2, 0) is 39.5 Å². The van der Waals surface area contributed by atoms with Crippen molar-refractivity contribution in [1.29, 1.82) is 0 Å². The van der Waals surface area contributed by atoms with Crippen LogP contribution in [0, 0.1) is 6.92 Å². The molecular weight excluding hydrogens is 319 g/mol. The maximum absolute atomic E-state index is 10.8. The third-order valence-corrected chi connectivity index (χ3v) is 1.58. The molecule has 0 aromatic heterocycles. The second-order valence-electron chi connectivity index (χ2n) is 3.08. The van der Waals surface area contributed by atoms with Crippen molar-refractivity contribution in [3.8, 4) is 0 Å². The summed E-state index contributed by atoms with van der Waals surface area (Å²) >= 11 is 0. The van der Waals surface area contributed by atoms with Gasteiger partial charge in [-0.1, -0.05) is 6.08 Å². The number of carbonyl (C=O) groups is 2. The zero-order valence-corrected chi connectivity index (χ0v) is 11.3. The molecule has 2 unspecified atom stereocenters. The second-order valence-corrected chi connectivity index (χ2v) is 3.08. The van der Waals surface area contributed by atoms with Crippen molar-refractivity contribution in [3.05, 3.63) is 19.1 Å². The van der Waals surface area contributed by atoms with Gasteiger partial charge in [0.1, 0.15) is 0 Å². The van der Waals surface area contributed by atoms with Crippen molar-refractivity contribution >= 4 is 11.8 Å². The topological polar surface area (TPSA) is 75.7 Å². The number of carboxylic acids is 1. The van der Waals surface area contributed by atoms with Crippen LogP contribution in [0.25, 0.3) is 0 Å². The van der Waals surface area contributed by atoms with E-state index in [2.05, 4.69) is 6.92 Å². The van der Waals surface area contributed by atoms with Crippen molar-refractivity contribution in [2.45, 2.75) is 32.7 Å². The monoisotopic (exact) mass is 334 g/mol. The molecule has 0 aromatic rings. The molecule has 1 rings (SSSR count). The van der Waals surface area contributed by atoms with Crippen molar-refractivity contribution in [1.82, 2.24) is 0 Å². The Morgan fingerprint density at radius 3 is 2.59 bits per heavy atom. The van der Waals surface area contributed by atoms with Crippen molar-refractivity contribution < 1.29 is 44.6 Å². The molecule has 0 saturated carbocycles. The third kappa shape index (κ3) is 11.7. The van der Waals surface area contributed by atoms with E-state index in [1.54, 1.807) is 6.08 Å². The van der Waals surface area contributed by atoms with Crippen LogP contribution in [0.3, 0.4) is 0 Å². The number of aliphatic carboxylic acids is 1. The largest absolute Gasteiger partial charge is 0.550 e. The standard InChI is InChI=1S/C9H13O3.C2H4O2.Pd/c1-3-11-7(2)12-9-5-4-8(10)6-9;1-2(3)4;/h4-5,7,9H,2-3,6H2,1H3;1H3,(H,3,4);/p-1. The number of hydrogen-bond acceptors (Lipinski definition) is 5. The molecule has 6 heteroatoms. The summed E-state index contributed by atoms with van der Waals surface area (Å²) in [6.45, 7) is 7.04. The predicted octanol–water partition coefficient (Wildman–Crippen LogP) is -0.149. The Morgan fingerprint density at radius 2 is 2.24 bits per heavy atom. The Kier molecular flexibility index (Phi) is 11.7. The van der Waals surface area contributed by atoms with Crippen molar-refractivity contribution in [2.24, 2.45) is 0 Å². The first-order chi connectivity index (χ1) is 7.45. The number of carboxylic acid groups (broad SMARTS) is 1. The van der Waals surface area contributed by atoms with E-state index >= 15 is 0 Å². The summed E-state index contributed by atoms with van der Waals surface area (Å²) in [7, 11) is 0. The quantitative estimate of drug-likeness (QED) is 0.528. The zero-order valence-electron chi connectivity index (χ0n) is 9.79. The first-order valence-corrected chi connectivity index (χ1v) is 4.94. The van der Waals surface area contributed by atoms with Crippen molar-refractivity contribution in [3.63, 3.8) is 0 Å². The van der Waals surface area contributed by atoms with Gasteiger partial charge in [0.25, 0.3) is 0 Å². The van der Waals surface area contributed by atoms with Crippen LogP contribution in [0.15, 0.2) is 12.2 Å². The Labute approximate surface area is 115 Å². The number of rotatable bonds is 4. The van der Waals surface area contributed by atoms with Gasteiger partial charge < -0.3 is 19.4 Å². The normalized spacial score (nSPS) is 19.0. The first kappa shape index (κ1) is 18.8. The number of ketones is 1. The molecule has 0 aromatic carbocycles. The minimum atomic E-state index is -1.08. The minimum absolute atomic E-state index is 0. The van der Waals surface area contributed by atoms with E-state index in [1.165, 1.54) is 6.08 Å². The Hall–Kier alpha value is -0.538. The van der Waals surface area contributed by atoms with Crippen LogP contribution in [0.1, 0.15) is 20.3 Å². The summed E-state index contributed by atoms with van der Waals surface area (Å²) in [5.74, 6) is -0.983. The molecule has 0 saturated heterocycles. The van der Waals surface area contributed by atoms with Gasteiger partial charge in [-0.05, 0) is 19.9 Å². The van der Waals surface area contributed by atoms with Crippen LogP contribution >= 0.6 is 0 Å². The predicted molar refractivity (Wildman–Crippen MR) is 55.1 cm³/mol. The molecule has 1 aliphatic rings. The molecule has 0 heterocycles. The molecule has 1 radical (unpaired) electrons. The number of ether oxygens (including phenoxy) is 2. The molecular formula is C11H16O5Pd-. The number of carbonyl (C=O) groups excluding carboxylic acids is 2. The molecule has 2 atom stereocenters. The summed E-state index contributed by atoms with van der Waals surface area (Å²) in [6, 6.07) is 0. The van der Waals surface area contributed by atoms with Crippen LogP contribution < -0.4 is 5.11 Å². The van der Waals surface area contributed by atoms with Crippen molar-refractivity contribution in [2.75, 3.05) is 6.61 Å². The fourth-order valence-electron chi connectivity index (χ4n) is 1.06. The molecule has 5 nitrogen and oxygen atoms in total. The van der Waals surface area contributed by atoms with Gasteiger partial charge in [-0.2, -0.15) is 0 Å². The number of hydrogen-bond donors (Lipinski definition) is 0. The molecule has 17 heavy (non-hydrogen) atoms. The molecule has 0 amide bonds. The maximum Gasteiger partial charge on any atom is 0.158 e. The molecule has 0 bridgehead atoms. The summed E-state index contributed by atoms with van der Waals surface area (Å²) in [5.41, 5.74) is 0. The Morgan fingerprint density at radius 1 is 1.71 bits per heavy atom. The molecule has 101 valence electrons. The molecule has 1 aliphatic carbocycles. The van der Waals surface area contributed by atoms with Gasteiger partial charge in [-0.15, -0.1) is 0 Å². The van der Waals surface area contributed by atoms with Gasteiger partial charge in [0.15, 0.2) is 12.1 Å². The number of allylic oxidation sites excluding steroid dienone is 1. The van der Waals surface area contributed by atoms with Gasteiger partial charge in [0, 0.05) is 46.3 Å². The van der Waals surface area contributed by atoms with Gasteiger partial charge in [-0.25, -0.2) is 0 Å². The van der Waals surface area contributed by atoms with Crippen LogP contribution in [0.2, 0.25) is 0 Å². The van der Waals surface area contributed by atoms with E-state index in [0.29, 0.717) is 13.0 Å². The summed E-state index contributed by atoms with van der Waals surface area (Å²) in [5, 5.41) is 8.89. The Balaban J connectivity index is 0. The third-order valence-electron chi connectivity index (χ3n) is 1.58. The fraction of sp³-hybridized carbons (Fsp3) is 0.545.